The molecule has 1 aromatic carbocycles. The molecule has 1 aliphatic rings. The zero-order chi connectivity index (χ0) is 23.5. The van der Waals surface area contributed by atoms with Crippen molar-refractivity contribution in [3.63, 3.8) is 0 Å². The Bertz CT molecular complexity index is 1360. The molecule has 14 heteroatoms. The number of anilines is 3. The molecule has 0 saturated carbocycles. The number of rotatable bonds is 4. The summed E-state index contributed by atoms with van der Waals surface area (Å²) < 4.78 is 44.2. The molecule has 3 aromatic rings. The lowest BCUT2D eigenvalue weighted by Crippen LogP contribution is -2.57. The summed E-state index contributed by atoms with van der Waals surface area (Å²) in [5.41, 5.74) is 9.91. The Labute approximate surface area is 181 Å². The quantitative estimate of drug-likeness (QED) is 0.281. The number of aromatic nitrogens is 2. The van der Waals surface area contributed by atoms with Crippen molar-refractivity contribution in [2.45, 2.75) is 6.04 Å². The normalized spacial score (nSPS) is 14.1. The average molecular weight is 471 g/mol. The van der Waals surface area contributed by atoms with E-state index in [4.69, 9.17) is 28.3 Å². The van der Waals surface area contributed by atoms with Gasteiger partial charge in [0.15, 0.2) is 29.1 Å². The van der Waals surface area contributed by atoms with Crippen LogP contribution in [0.4, 0.5) is 30.4 Å². The minimum absolute atomic E-state index is 0.117. The van der Waals surface area contributed by atoms with E-state index in [1.807, 2.05) is 5.48 Å². The van der Waals surface area contributed by atoms with Gasteiger partial charge < -0.3 is 26.7 Å². The Hall–Kier alpha value is -3.55. The van der Waals surface area contributed by atoms with Gasteiger partial charge in [0.2, 0.25) is 5.43 Å². The number of nitrogen functional groups attached to an aromatic ring is 2. The van der Waals surface area contributed by atoms with Gasteiger partial charge in [-0.3, -0.25) is 9.36 Å². The van der Waals surface area contributed by atoms with Crippen molar-refractivity contribution in [2.75, 3.05) is 29.5 Å². The van der Waals surface area contributed by atoms with Crippen LogP contribution in [0.3, 0.4) is 0 Å². The third-order valence-corrected chi connectivity index (χ3v) is 5.47. The predicted molar refractivity (Wildman–Crippen MR) is 109 cm³/mol. The van der Waals surface area contributed by atoms with Crippen LogP contribution in [0.1, 0.15) is 10.4 Å². The van der Waals surface area contributed by atoms with Crippen molar-refractivity contribution in [2.24, 2.45) is 0 Å². The topological polar surface area (TPSA) is 160 Å². The van der Waals surface area contributed by atoms with Crippen LogP contribution in [-0.2, 0) is 0 Å². The van der Waals surface area contributed by atoms with E-state index in [9.17, 15) is 23.5 Å². The first kappa shape index (κ1) is 21.7. The third-order valence-electron chi connectivity index (χ3n) is 5.11. The van der Waals surface area contributed by atoms with Crippen LogP contribution in [0.2, 0.25) is 5.02 Å². The van der Waals surface area contributed by atoms with E-state index in [2.05, 4.69) is 4.98 Å². The van der Waals surface area contributed by atoms with Crippen molar-refractivity contribution in [1.82, 2.24) is 15.0 Å². The molecule has 0 radical (unpaired) electrons. The molecular formula is C18H14ClF3N6O4. The molecule has 1 saturated heterocycles. The second kappa shape index (κ2) is 7.55. The average Bonchev–Trinajstić information content (AvgIpc) is 2.70. The zero-order valence-corrected chi connectivity index (χ0v) is 16.6. The molecule has 0 spiro atoms. The fourth-order valence-electron chi connectivity index (χ4n) is 3.51. The second-order valence-electron chi connectivity index (χ2n) is 7.05. The Balaban J connectivity index is 2.15. The Morgan fingerprint density at radius 1 is 1.25 bits per heavy atom. The maximum Gasteiger partial charge on any atom is 0.341 e. The first-order valence-corrected chi connectivity index (χ1v) is 9.30. The highest BCUT2D eigenvalue weighted by molar-refractivity contribution is 6.38. The van der Waals surface area contributed by atoms with Gasteiger partial charge in [-0.15, -0.1) is 0 Å². The highest BCUT2D eigenvalue weighted by Gasteiger charge is 2.34. The minimum Gasteiger partial charge on any atom is -0.477 e. The third kappa shape index (κ3) is 3.09. The number of nitrogens with two attached hydrogens (primary N) is 2. The largest absolute Gasteiger partial charge is 0.477 e. The van der Waals surface area contributed by atoms with Gasteiger partial charge in [-0.25, -0.2) is 22.9 Å². The van der Waals surface area contributed by atoms with E-state index in [0.717, 1.165) is 10.8 Å². The van der Waals surface area contributed by atoms with Gasteiger partial charge in [0, 0.05) is 25.4 Å². The van der Waals surface area contributed by atoms with Crippen molar-refractivity contribution in [3.8, 4) is 5.82 Å². The molecule has 0 atom stereocenters. The monoisotopic (exact) mass is 470 g/mol. The number of benzene rings is 1. The zero-order valence-electron chi connectivity index (χ0n) is 15.9. The SMILES string of the molecule is Nc1nc(-n2cc(C(=O)O)c(=O)c3c(N)c(F)c(N4CC(NO)C4)c(Cl)c32)c(F)cc1F. The summed E-state index contributed by atoms with van der Waals surface area (Å²) >= 11 is 6.42. The first-order chi connectivity index (χ1) is 15.1. The second-order valence-corrected chi connectivity index (χ2v) is 7.43. The summed E-state index contributed by atoms with van der Waals surface area (Å²) in [4.78, 5) is 29.4. The number of nitrogens with one attached hydrogen (secondary N) is 1. The van der Waals surface area contributed by atoms with Crippen LogP contribution in [-0.4, -0.2) is 45.0 Å². The predicted octanol–water partition coefficient (Wildman–Crippen LogP) is 1.49. The number of hydroxylamine groups is 1. The first-order valence-electron chi connectivity index (χ1n) is 8.92. The number of fused-ring (bicyclic) bond motifs is 1. The van der Waals surface area contributed by atoms with E-state index < -0.39 is 68.2 Å². The summed E-state index contributed by atoms with van der Waals surface area (Å²) in [6, 6.07) is 0.0198. The van der Waals surface area contributed by atoms with E-state index in [1.54, 1.807) is 0 Å². The van der Waals surface area contributed by atoms with E-state index in [0.29, 0.717) is 6.07 Å². The van der Waals surface area contributed by atoms with Crippen LogP contribution in [0, 0.1) is 17.5 Å². The Morgan fingerprint density at radius 2 is 1.91 bits per heavy atom. The summed E-state index contributed by atoms with van der Waals surface area (Å²) in [7, 11) is 0. The molecule has 0 unspecified atom stereocenters. The number of carboxylic acid groups (broad SMARTS) is 1. The Kier molecular flexibility index (Phi) is 5.11. The number of hydrogen-bond donors (Lipinski definition) is 5. The Morgan fingerprint density at radius 3 is 2.50 bits per heavy atom. The number of aromatic carboxylic acids is 1. The van der Waals surface area contributed by atoms with Crippen LogP contribution < -0.4 is 27.3 Å². The van der Waals surface area contributed by atoms with Crippen molar-refractivity contribution >= 4 is 45.7 Å². The summed E-state index contributed by atoms with van der Waals surface area (Å²) in [5.74, 6) is -6.63. The van der Waals surface area contributed by atoms with Crippen molar-refractivity contribution < 1.29 is 28.3 Å². The molecule has 0 aliphatic carbocycles. The molecule has 1 aliphatic heterocycles. The van der Waals surface area contributed by atoms with Gasteiger partial charge >= 0.3 is 5.97 Å². The molecule has 168 valence electrons. The maximum absolute atomic E-state index is 15.1. The lowest BCUT2D eigenvalue weighted by Gasteiger charge is -2.40. The number of carbonyl (C=O) groups is 1. The molecule has 10 nitrogen and oxygen atoms in total. The summed E-state index contributed by atoms with van der Waals surface area (Å²) in [5, 5.41) is 17.4. The van der Waals surface area contributed by atoms with Gasteiger partial charge in [-0.05, 0) is 0 Å². The van der Waals surface area contributed by atoms with Crippen molar-refractivity contribution in [1.29, 1.82) is 0 Å². The van der Waals surface area contributed by atoms with Crippen LogP contribution >= 0.6 is 11.6 Å². The maximum atomic E-state index is 15.1. The van der Waals surface area contributed by atoms with Crippen molar-refractivity contribution in [3.05, 3.63) is 50.5 Å². The van der Waals surface area contributed by atoms with Gasteiger partial charge in [-0.1, -0.05) is 11.6 Å². The molecule has 1 fully saturated rings. The lowest BCUT2D eigenvalue weighted by atomic mass is 10.0. The summed E-state index contributed by atoms with van der Waals surface area (Å²) in [6.07, 6.45) is 0.719. The van der Waals surface area contributed by atoms with Gasteiger partial charge in [0.05, 0.1) is 33.3 Å². The number of hydrogen-bond acceptors (Lipinski definition) is 8. The van der Waals surface area contributed by atoms with E-state index >= 15 is 4.39 Å². The number of carboxylic acids is 1. The molecule has 7 N–H and O–H groups in total. The van der Waals surface area contributed by atoms with E-state index in [-0.39, 0.29) is 24.3 Å². The number of halogens is 4. The fraction of sp³-hybridized carbons (Fsp3) is 0.167. The molecule has 2 aromatic heterocycles. The molecular weight excluding hydrogens is 457 g/mol. The molecule has 3 heterocycles. The van der Waals surface area contributed by atoms with Gasteiger partial charge in [0.25, 0.3) is 0 Å². The molecule has 0 bridgehead atoms. The van der Waals surface area contributed by atoms with Crippen LogP contribution in [0.25, 0.3) is 16.7 Å². The molecule has 4 rings (SSSR count). The lowest BCUT2D eigenvalue weighted by molar-refractivity contribution is 0.0695. The highest BCUT2D eigenvalue weighted by Crippen LogP contribution is 2.42. The molecule has 32 heavy (non-hydrogen) atoms. The van der Waals surface area contributed by atoms with Gasteiger partial charge in [-0.2, -0.15) is 5.48 Å². The van der Waals surface area contributed by atoms with E-state index in [1.165, 1.54) is 4.90 Å². The number of pyridine rings is 2. The van der Waals surface area contributed by atoms with Gasteiger partial charge in [0.1, 0.15) is 5.56 Å². The van der Waals surface area contributed by atoms with Crippen LogP contribution in [0.5, 0.6) is 0 Å². The minimum atomic E-state index is -1.71. The number of nitrogens with zero attached hydrogens (tertiary/aromatic N) is 3. The fourth-order valence-corrected chi connectivity index (χ4v) is 3.89. The standard InChI is InChI=1S/C18H14ClF3N6O4/c19-10-13-9(12(23)11(22)14(10)27-2-5(3-27)26-32)15(29)6(18(30)31)4-28(13)17-8(21)1-7(20)16(24)25-17/h1,4-5,26,32H,2-3,23H2,(H2,24,25)(H,30,31). The molecule has 0 amide bonds. The highest BCUT2D eigenvalue weighted by atomic mass is 35.5. The summed E-state index contributed by atoms with van der Waals surface area (Å²) in [6.45, 7) is 0.233. The van der Waals surface area contributed by atoms with Crippen LogP contribution in [0.15, 0.2) is 17.1 Å². The smallest absolute Gasteiger partial charge is 0.341 e.